The molecule has 0 spiro atoms. The summed E-state index contributed by atoms with van der Waals surface area (Å²) in [5.41, 5.74) is 2.00. The molecule has 0 aliphatic carbocycles. The van der Waals surface area contributed by atoms with Crippen molar-refractivity contribution in [3.05, 3.63) is 82.8 Å². The molecular weight excluding hydrogens is 500 g/mol. The van der Waals surface area contributed by atoms with Gasteiger partial charge in [-0.25, -0.2) is 8.42 Å². The first kappa shape index (κ1) is 21.7. The molecule has 0 bridgehead atoms. The summed E-state index contributed by atoms with van der Waals surface area (Å²) in [6, 6.07) is 20.9. The van der Waals surface area contributed by atoms with Gasteiger partial charge >= 0.3 is 0 Å². The number of rotatable bonds is 6. The number of amides is 1. The van der Waals surface area contributed by atoms with Crippen molar-refractivity contribution in [3.8, 4) is 5.75 Å². The molecule has 0 unspecified atom stereocenters. The molecule has 4 rings (SSSR count). The molecule has 6 nitrogen and oxygen atoms in total. The van der Waals surface area contributed by atoms with Gasteiger partial charge in [0.05, 0.1) is 17.8 Å². The summed E-state index contributed by atoms with van der Waals surface area (Å²) in [5.74, 6) is 0.998. The molecule has 0 radical (unpaired) electrons. The number of carbonyl (C=O) groups excluding carboxylic acids is 1. The maximum atomic E-state index is 12.7. The van der Waals surface area contributed by atoms with E-state index in [4.69, 9.17) is 4.74 Å². The zero-order chi connectivity index (χ0) is 22.0. The van der Waals surface area contributed by atoms with E-state index in [0.717, 1.165) is 15.7 Å². The van der Waals surface area contributed by atoms with Gasteiger partial charge in [-0.1, -0.05) is 34.1 Å². The lowest BCUT2D eigenvalue weighted by Gasteiger charge is -2.25. The van der Waals surface area contributed by atoms with Gasteiger partial charge in [0, 0.05) is 21.9 Å². The summed E-state index contributed by atoms with van der Waals surface area (Å²) in [6.07, 6.45) is 0. The van der Waals surface area contributed by atoms with Crippen LogP contribution in [0.5, 0.6) is 5.75 Å². The third-order valence-electron chi connectivity index (χ3n) is 4.75. The van der Waals surface area contributed by atoms with Crippen molar-refractivity contribution in [2.75, 3.05) is 22.5 Å². The smallest absolute Gasteiger partial charge is 0.261 e. The SMILES string of the molecule is COc1cccc(N2C(=O)CS[C@@H]2c2cccc(NS(=O)(=O)c3ccc(Br)cc3)c2)c1. The molecule has 1 aliphatic heterocycles. The van der Waals surface area contributed by atoms with E-state index in [1.54, 1.807) is 42.3 Å². The fourth-order valence-corrected chi connectivity index (χ4v) is 5.77. The van der Waals surface area contributed by atoms with Crippen LogP contribution in [0.15, 0.2) is 82.2 Å². The van der Waals surface area contributed by atoms with Gasteiger partial charge in [-0.15, -0.1) is 11.8 Å². The Hall–Kier alpha value is -2.49. The van der Waals surface area contributed by atoms with Crippen LogP contribution in [0.4, 0.5) is 11.4 Å². The van der Waals surface area contributed by atoms with Gasteiger partial charge in [0.25, 0.3) is 10.0 Å². The molecule has 1 saturated heterocycles. The summed E-state index contributed by atoms with van der Waals surface area (Å²) in [4.78, 5) is 14.5. The van der Waals surface area contributed by atoms with Crippen LogP contribution in [-0.2, 0) is 14.8 Å². The fourth-order valence-electron chi connectivity index (χ4n) is 3.29. The van der Waals surface area contributed by atoms with Crippen LogP contribution in [0.3, 0.4) is 0 Å². The number of nitrogens with zero attached hydrogens (tertiary/aromatic N) is 1. The van der Waals surface area contributed by atoms with Crippen molar-refractivity contribution < 1.29 is 17.9 Å². The molecule has 1 amide bonds. The number of hydrogen-bond donors (Lipinski definition) is 1. The van der Waals surface area contributed by atoms with Crippen molar-refractivity contribution >= 4 is 55.0 Å². The van der Waals surface area contributed by atoms with Gasteiger partial charge in [0.15, 0.2) is 0 Å². The molecule has 0 aromatic heterocycles. The van der Waals surface area contributed by atoms with Gasteiger partial charge in [0.1, 0.15) is 11.1 Å². The van der Waals surface area contributed by atoms with Gasteiger partial charge in [-0.3, -0.25) is 14.4 Å². The lowest BCUT2D eigenvalue weighted by atomic mass is 10.1. The highest BCUT2D eigenvalue weighted by Gasteiger charge is 2.34. The number of nitrogens with one attached hydrogen (secondary N) is 1. The average Bonchev–Trinajstić information content (AvgIpc) is 3.15. The van der Waals surface area contributed by atoms with Crippen molar-refractivity contribution in [2.45, 2.75) is 10.3 Å². The van der Waals surface area contributed by atoms with Crippen LogP contribution in [0.25, 0.3) is 0 Å². The van der Waals surface area contributed by atoms with E-state index in [9.17, 15) is 13.2 Å². The Labute approximate surface area is 193 Å². The van der Waals surface area contributed by atoms with Crippen LogP contribution in [0.2, 0.25) is 0 Å². The monoisotopic (exact) mass is 518 g/mol. The minimum absolute atomic E-state index is 0.0101. The van der Waals surface area contributed by atoms with Gasteiger partial charge < -0.3 is 4.74 Å². The molecule has 1 N–H and O–H groups in total. The normalized spacial score (nSPS) is 16.4. The number of carbonyl (C=O) groups is 1. The van der Waals surface area contributed by atoms with Gasteiger partial charge in [0.2, 0.25) is 5.91 Å². The number of sulfonamides is 1. The Bertz CT molecular complexity index is 1220. The standard InChI is InChI=1S/C22H19BrN2O4S2/c1-29-19-7-3-6-18(13-19)25-21(26)14-30-22(25)15-4-2-5-17(12-15)24-31(27,28)20-10-8-16(23)9-11-20/h2-13,22,24H,14H2,1H3/t22-/m1/s1. The van der Waals surface area contributed by atoms with Gasteiger partial charge in [-0.05, 0) is 54.1 Å². The lowest BCUT2D eigenvalue weighted by molar-refractivity contribution is -0.115. The van der Waals surface area contributed by atoms with E-state index < -0.39 is 10.0 Å². The third kappa shape index (κ3) is 4.73. The summed E-state index contributed by atoms with van der Waals surface area (Å²) in [5, 5.41) is -0.267. The molecule has 1 heterocycles. The number of benzene rings is 3. The molecule has 1 aliphatic rings. The lowest BCUT2D eigenvalue weighted by Crippen LogP contribution is -2.27. The van der Waals surface area contributed by atoms with Crippen LogP contribution < -0.4 is 14.4 Å². The van der Waals surface area contributed by atoms with E-state index in [1.165, 1.54) is 23.9 Å². The number of methoxy groups -OCH3 is 1. The molecule has 3 aromatic rings. The number of anilines is 2. The minimum atomic E-state index is -3.73. The van der Waals surface area contributed by atoms with E-state index in [-0.39, 0.29) is 16.2 Å². The quantitative estimate of drug-likeness (QED) is 0.494. The Morgan fingerprint density at radius 2 is 1.81 bits per heavy atom. The Morgan fingerprint density at radius 3 is 2.55 bits per heavy atom. The average molecular weight is 519 g/mol. The molecule has 3 aromatic carbocycles. The molecule has 160 valence electrons. The molecule has 0 saturated carbocycles. The number of hydrogen-bond acceptors (Lipinski definition) is 5. The number of thioether (sulfide) groups is 1. The van der Waals surface area contributed by atoms with E-state index >= 15 is 0 Å². The fraction of sp³-hybridized carbons (Fsp3) is 0.136. The first-order valence-corrected chi connectivity index (χ1v) is 12.7. The van der Waals surface area contributed by atoms with Crippen molar-refractivity contribution in [2.24, 2.45) is 0 Å². The maximum absolute atomic E-state index is 12.7. The molecule has 31 heavy (non-hydrogen) atoms. The summed E-state index contributed by atoms with van der Waals surface area (Å²) in [6.45, 7) is 0. The van der Waals surface area contributed by atoms with Crippen LogP contribution in [0.1, 0.15) is 10.9 Å². The number of halogens is 1. The first-order chi connectivity index (χ1) is 14.9. The highest BCUT2D eigenvalue weighted by atomic mass is 79.9. The third-order valence-corrected chi connectivity index (χ3v) is 7.89. The molecule has 1 fully saturated rings. The van der Waals surface area contributed by atoms with Crippen molar-refractivity contribution in [3.63, 3.8) is 0 Å². The molecule has 1 atom stereocenters. The molecule has 9 heteroatoms. The van der Waals surface area contributed by atoms with Crippen LogP contribution in [0, 0.1) is 0 Å². The van der Waals surface area contributed by atoms with Gasteiger partial charge in [-0.2, -0.15) is 0 Å². The highest BCUT2D eigenvalue weighted by Crippen LogP contribution is 2.43. The maximum Gasteiger partial charge on any atom is 0.261 e. The van der Waals surface area contributed by atoms with Crippen molar-refractivity contribution in [1.82, 2.24) is 0 Å². The van der Waals surface area contributed by atoms with Crippen LogP contribution >= 0.6 is 27.7 Å². The van der Waals surface area contributed by atoms with Crippen LogP contribution in [-0.4, -0.2) is 27.2 Å². The topological polar surface area (TPSA) is 75.7 Å². The number of ether oxygens (including phenoxy) is 1. The predicted octanol–water partition coefficient (Wildman–Crippen LogP) is 5.04. The second kappa shape index (κ2) is 8.94. The first-order valence-electron chi connectivity index (χ1n) is 9.33. The summed E-state index contributed by atoms with van der Waals surface area (Å²) in [7, 11) is -2.15. The molecular formula is C22H19BrN2O4S2. The second-order valence-electron chi connectivity index (χ2n) is 6.81. The summed E-state index contributed by atoms with van der Waals surface area (Å²) < 4.78 is 34.2. The zero-order valence-electron chi connectivity index (χ0n) is 16.5. The summed E-state index contributed by atoms with van der Waals surface area (Å²) >= 11 is 4.81. The zero-order valence-corrected chi connectivity index (χ0v) is 19.7. The highest BCUT2D eigenvalue weighted by molar-refractivity contribution is 9.10. The second-order valence-corrected chi connectivity index (χ2v) is 10.5. The largest absolute Gasteiger partial charge is 0.497 e. The Balaban J connectivity index is 1.62. The van der Waals surface area contributed by atoms with E-state index in [0.29, 0.717) is 17.2 Å². The predicted molar refractivity (Wildman–Crippen MR) is 127 cm³/mol. The van der Waals surface area contributed by atoms with E-state index in [1.807, 2.05) is 30.3 Å². The van der Waals surface area contributed by atoms with E-state index in [2.05, 4.69) is 20.7 Å². The minimum Gasteiger partial charge on any atom is -0.497 e. The Morgan fingerprint density at radius 1 is 1.06 bits per heavy atom. The van der Waals surface area contributed by atoms with Crippen molar-refractivity contribution in [1.29, 1.82) is 0 Å². The Kier molecular flexibility index (Phi) is 6.27.